The van der Waals surface area contributed by atoms with E-state index in [4.69, 9.17) is 5.26 Å². The van der Waals surface area contributed by atoms with E-state index in [0.29, 0.717) is 17.9 Å². The van der Waals surface area contributed by atoms with Crippen LogP contribution in [0, 0.1) is 16.7 Å². The SMILES string of the molecule is CC(O)CC1CCCN1CC1(CC#N)CC1. The van der Waals surface area contributed by atoms with Gasteiger partial charge in [-0.25, -0.2) is 0 Å². The molecule has 0 radical (unpaired) electrons. The molecule has 1 aliphatic carbocycles. The molecule has 0 aromatic rings. The number of nitrogens with zero attached hydrogens (tertiary/aromatic N) is 2. The Labute approximate surface area is 98.1 Å². The molecule has 2 aliphatic rings. The zero-order valence-corrected chi connectivity index (χ0v) is 10.2. The summed E-state index contributed by atoms with van der Waals surface area (Å²) in [6, 6.07) is 2.88. The van der Waals surface area contributed by atoms with Crippen molar-refractivity contribution < 1.29 is 5.11 Å². The topological polar surface area (TPSA) is 47.3 Å². The molecule has 1 saturated heterocycles. The third kappa shape index (κ3) is 2.75. The molecule has 1 N–H and O–H groups in total. The smallest absolute Gasteiger partial charge is 0.0628 e. The molecule has 0 aromatic carbocycles. The van der Waals surface area contributed by atoms with Crippen LogP contribution in [-0.2, 0) is 0 Å². The van der Waals surface area contributed by atoms with Crippen molar-refractivity contribution in [2.24, 2.45) is 5.41 Å². The molecule has 3 nitrogen and oxygen atoms in total. The van der Waals surface area contributed by atoms with Crippen molar-refractivity contribution in [2.75, 3.05) is 13.1 Å². The predicted octanol–water partition coefficient (Wildman–Crippen LogP) is 1.92. The Hall–Kier alpha value is -0.590. The third-order valence-electron chi connectivity index (χ3n) is 4.06. The molecule has 2 atom stereocenters. The summed E-state index contributed by atoms with van der Waals surface area (Å²) in [5.74, 6) is 0. The minimum Gasteiger partial charge on any atom is -0.393 e. The highest BCUT2D eigenvalue weighted by Crippen LogP contribution is 2.50. The Morgan fingerprint density at radius 3 is 2.88 bits per heavy atom. The standard InChI is InChI=1S/C13H22N2O/c1-11(16)9-12-3-2-8-15(12)10-13(4-5-13)6-7-14/h11-12,16H,2-6,8-10H2,1H3. The maximum absolute atomic E-state index is 9.47. The number of aliphatic hydroxyl groups excluding tert-OH is 1. The summed E-state index contributed by atoms with van der Waals surface area (Å²) in [6.45, 7) is 4.11. The van der Waals surface area contributed by atoms with Crippen molar-refractivity contribution >= 4 is 0 Å². The van der Waals surface area contributed by atoms with E-state index in [-0.39, 0.29) is 6.10 Å². The van der Waals surface area contributed by atoms with Gasteiger partial charge >= 0.3 is 0 Å². The van der Waals surface area contributed by atoms with E-state index in [1.807, 2.05) is 6.92 Å². The van der Waals surface area contributed by atoms with Crippen molar-refractivity contribution in [1.29, 1.82) is 5.26 Å². The van der Waals surface area contributed by atoms with E-state index >= 15 is 0 Å². The number of nitriles is 1. The van der Waals surface area contributed by atoms with Gasteiger partial charge < -0.3 is 5.11 Å². The second kappa shape index (κ2) is 4.73. The van der Waals surface area contributed by atoms with Crippen LogP contribution in [0.1, 0.15) is 45.4 Å². The van der Waals surface area contributed by atoms with Crippen LogP contribution in [0.3, 0.4) is 0 Å². The van der Waals surface area contributed by atoms with Crippen LogP contribution >= 0.6 is 0 Å². The van der Waals surface area contributed by atoms with Crippen molar-refractivity contribution in [2.45, 2.75) is 57.6 Å². The van der Waals surface area contributed by atoms with Gasteiger partial charge in [-0.1, -0.05) is 0 Å². The molecule has 0 amide bonds. The second-order valence-electron chi connectivity index (χ2n) is 5.69. The first-order valence-corrected chi connectivity index (χ1v) is 6.44. The quantitative estimate of drug-likeness (QED) is 0.773. The lowest BCUT2D eigenvalue weighted by atomic mass is 10.0. The first-order chi connectivity index (χ1) is 7.65. The second-order valence-corrected chi connectivity index (χ2v) is 5.69. The molecular weight excluding hydrogens is 200 g/mol. The lowest BCUT2D eigenvalue weighted by Crippen LogP contribution is -2.36. The lowest BCUT2D eigenvalue weighted by molar-refractivity contribution is 0.122. The Morgan fingerprint density at radius 2 is 2.31 bits per heavy atom. The summed E-state index contributed by atoms with van der Waals surface area (Å²) in [5, 5.41) is 18.3. The van der Waals surface area contributed by atoms with E-state index in [1.165, 1.54) is 25.7 Å². The first kappa shape index (κ1) is 11.9. The van der Waals surface area contributed by atoms with Gasteiger partial charge in [0.2, 0.25) is 0 Å². The Kier molecular flexibility index (Phi) is 3.51. The van der Waals surface area contributed by atoms with Crippen molar-refractivity contribution in [3.63, 3.8) is 0 Å². The minimum absolute atomic E-state index is 0.197. The maximum Gasteiger partial charge on any atom is 0.0628 e. The van der Waals surface area contributed by atoms with Gasteiger partial charge in [0.05, 0.1) is 12.2 Å². The summed E-state index contributed by atoms with van der Waals surface area (Å²) >= 11 is 0. The highest BCUT2D eigenvalue weighted by atomic mass is 16.3. The summed E-state index contributed by atoms with van der Waals surface area (Å²) in [5.41, 5.74) is 0.316. The molecule has 0 bridgehead atoms. The van der Waals surface area contributed by atoms with Gasteiger partial charge in [-0.2, -0.15) is 5.26 Å². The van der Waals surface area contributed by atoms with Gasteiger partial charge in [-0.15, -0.1) is 0 Å². The fourth-order valence-corrected chi connectivity index (χ4v) is 2.93. The van der Waals surface area contributed by atoms with Crippen LogP contribution in [0.2, 0.25) is 0 Å². The lowest BCUT2D eigenvalue weighted by Gasteiger charge is -2.28. The van der Waals surface area contributed by atoms with Crippen LogP contribution in [0.15, 0.2) is 0 Å². The van der Waals surface area contributed by atoms with Gasteiger partial charge in [0, 0.05) is 19.0 Å². The Morgan fingerprint density at radius 1 is 1.56 bits per heavy atom. The fourth-order valence-electron chi connectivity index (χ4n) is 2.93. The Bertz CT molecular complexity index is 278. The van der Waals surface area contributed by atoms with E-state index in [1.54, 1.807) is 0 Å². The molecule has 3 heteroatoms. The zero-order chi connectivity index (χ0) is 11.6. The average molecular weight is 222 g/mol. The number of hydrogen-bond donors (Lipinski definition) is 1. The molecule has 1 heterocycles. The number of likely N-dealkylation sites (tertiary alicyclic amines) is 1. The highest BCUT2D eigenvalue weighted by Gasteiger charge is 2.45. The molecule has 1 aliphatic heterocycles. The largest absolute Gasteiger partial charge is 0.393 e. The van der Waals surface area contributed by atoms with Crippen molar-refractivity contribution in [1.82, 2.24) is 4.90 Å². The van der Waals surface area contributed by atoms with Crippen LogP contribution < -0.4 is 0 Å². The summed E-state index contributed by atoms with van der Waals surface area (Å²) in [4.78, 5) is 2.51. The maximum atomic E-state index is 9.47. The van der Waals surface area contributed by atoms with Crippen LogP contribution in [0.25, 0.3) is 0 Å². The van der Waals surface area contributed by atoms with E-state index in [2.05, 4.69) is 11.0 Å². The van der Waals surface area contributed by atoms with Gasteiger partial charge in [0.15, 0.2) is 0 Å². The average Bonchev–Trinajstić information content (AvgIpc) is 2.82. The molecule has 2 fully saturated rings. The molecule has 90 valence electrons. The monoisotopic (exact) mass is 222 g/mol. The summed E-state index contributed by atoms with van der Waals surface area (Å²) < 4.78 is 0. The molecular formula is C13H22N2O. The van der Waals surface area contributed by atoms with Crippen LogP contribution in [0.5, 0.6) is 0 Å². The van der Waals surface area contributed by atoms with Gasteiger partial charge in [0.1, 0.15) is 0 Å². The first-order valence-electron chi connectivity index (χ1n) is 6.44. The third-order valence-corrected chi connectivity index (χ3v) is 4.06. The van der Waals surface area contributed by atoms with Crippen LogP contribution in [0.4, 0.5) is 0 Å². The van der Waals surface area contributed by atoms with Crippen molar-refractivity contribution in [3.8, 4) is 6.07 Å². The van der Waals surface area contributed by atoms with Gasteiger partial charge in [-0.05, 0) is 51.0 Å². The number of hydrogen-bond acceptors (Lipinski definition) is 3. The molecule has 0 aromatic heterocycles. The predicted molar refractivity (Wildman–Crippen MR) is 62.8 cm³/mol. The molecule has 2 rings (SSSR count). The molecule has 16 heavy (non-hydrogen) atoms. The van der Waals surface area contributed by atoms with E-state index in [0.717, 1.165) is 19.5 Å². The zero-order valence-electron chi connectivity index (χ0n) is 10.2. The minimum atomic E-state index is -0.197. The highest BCUT2D eigenvalue weighted by molar-refractivity contribution is 5.02. The summed E-state index contributed by atoms with van der Waals surface area (Å²) in [7, 11) is 0. The molecule has 0 spiro atoms. The number of rotatable bonds is 5. The Balaban J connectivity index is 1.86. The van der Waals surface area contributed by atoms with Gasteiger partial charge in [0.25, 0.3) is 0 Å². The fraction of sp³-hybridized carbons (Fsp3) is 0.923. The van der Waals surface area contributed by atoms with E-state index < -0.39 is 0 Å². The normalized spacial score (nSPS) is 29.9. The summed E-state index contributed by atoms with van der Waals surface area (Å²) in [6.07, 6.45) is 6.31. The van der Waals surface area contributed by atoms with Crippen LogP contribution in [-0.4, -0.2) is 35.2 Å². The molecule has 1 saturated carbocycles. The van der Waals surface area contributed by atoms with E-state index in [9.17, 15) is 5.11 Å². The number of aliphatic hydroxyl groups is 1. The van der Waals surface area contributed by atoms with Gasteiger partial charge in [-0.3, -0.25) is 4.90 Å². The molecule has 2 unspecified atom stereocenters. The van der Waals surface area contributed by atoms with Crippen molar-refractivity contribution in [3.05, 3.63) is 0 Å².